The van der Waals surface area contributed by atoms with Crippen LogP contribution in [0, 0.1) is 34.5 Å². The Kier molecular flexibility index (Phi) is 3.92. The van der Waals surface area contributed by atoms with Crippen molar-refractivity contribution in [2.75, 3.05) is 0 Å². The van der Waals surface area contributed by atoms with Crippen molar-refractivity contribution in [1.29, 1.82) is 0 Å². The van der Waals surface area contributed by atoms with Crippen molar-refractivity contribution < 1.29 is 15.3 Å². The van der Waals surface area contributed by atoms with E-state index >= 15 is 0 Å². The van der Waals surface area contributed by atoms with Gasteiger partial charge in [-0.3, -0.25) is 0 Å². The van der Waals surface area contributed by atoms with Crippen LogP contribution in [-0.4, -0.2) is 33.1 Å². The summed E-state index contributed by atoms with van der Waals surface area (Å²) in [4.78, 5) is 0. The maximum atomic E-state index is 11.3. The first-order valence-electron chi connectivity index (χ1n) is 10.3. The van der Waals surface area contributed by atoms with Gasteiger partial charge in [0.1, 0.15) is 0 Å². The molecule has 0 aromatic heterocycles. The molecule has 0 saturated heterocycles. The van der Waals surface area contributed by atoms with Gasteiger partial charge in [-0.05, 0) is 93.8 Å². The minimum atomic E-state index is -0.900. The summed E-state index contributed by atoms with van der Waals surface area (Å²) in [5, 5.41) is 31.7. The van der Waals surface area contributed by atoms with Gasteiger partial charge in [-0.2, -0.15) is 0 Å². The largest absolute Gasteiger partial charge is 0.393 e. The van der Waals surface area contributed by atoms with Crippen LogP contribution in [0.5, 0.6) is 0 Å². The molecule has 0 aromatic carbocycles. The van der Waals surface area contributed by atoms with Crippen LogP contribution in [0.4, 0.5) is 0 Å². The zero-order chi connectivity index (χ0) is 17.3. The molecule has 0 heterocycles. The van der Waals surface area contributed by atoms with Gasteiger partial charge in [0.25, 0.3) is 0 Å². The first kappa shape index (κ1) is 17.3. The van der Waals surface area contributed by atoms with Crippen LogP contribution in [0.1, 0.15) is 78.6 Å². The van der Waals surface area contributed by atoms with Crippen molar-refractivity contribution in [2.45, 2.75) is 96.4 Å². The molecule has 0 radical (unpaired) electrons. The fourth-order valence-corrected chi connectivity index (χ4v) is 7.97. The molecular formula is C21H36O3. The van der Waals surface area contributed by atoms with E-state index in [4.69, 9.17) is 0 Å². The topological polar surface area (TPSA) is 60.7 Å². The summed E-state index contributed by atoms with van der Waals surface area (Å²) < 4.78 is 0. The molecule has 3 N–H and O–H groups in total. The highest BCUT2D eigenvalue weighted by Crippen LogP contribution is 2.68. The molecule has 0 amide bonds. The van der Waals surface area contributed by atoms with E-state index < -0.39 is 11.7 Å². The number of hydrogen-bond donors (Lipinski definition) is 3. The molecule has 0 aliphatic heterocycles. The molecule has 3 heteroatoms. The van der Waals surface area contributed by atoms with E-state index in [1.165, 1.54) is 25.7 Å². The van der Waals surface area contributed by atoms with Gasteiger partial charge in [0.2, 0.25) is 0 Å². The third-order valence-electron chi connectivity index (χ3n) is 9.54. The monoisotopic (exact) mass is 336 g/mol. The van der Waals surface area contributed by atoms with Gasteiger partial charge >= 0.3 is 0 Å². The first-order valence-corrected chi connectivity index (χ1v) is 10.3. The summed E-state index contributed by atoms with van der Waals surface area (Å²) in [5.41, 5.74) is -0.641. The maximum absolute atomic E-state index is 11.3. The van der Waals surface area contributed by atoms with Crippen LogP contribution in [0.25, 0.3) is 0 Å². The molecule has 0 unspecified atom stereocenters. The Balaban J connectivity index is 1.63. The van der Waals surface area contributed by atoms with Crippen LogP contribution >= 0.6 is 0 Å². The fraction of sp³-hybridized carbons (Fsp3) is 1.00. The molecule has 24 heavy (non-hydrogen) atoms. The van der Waals surface area contributed by atoms with Gasteiger partial charge in [0.05, 0.1) is 17.8 Å². The summed E-state index contributed by atoms with van der Waals surface area (Å²) in [5.74, 6) is 2.69. The third-order valence-corrected chi connectivity index (χ3v) is 9.54. The molecule has 0 bridgehead atoms. The van der Waals surface area contributed by atoms with E-state index in [0.717, 1.165) is 38.0 Å². The van der Waals surface area contributed by atoms with Crippen LogP contribution < -0.4 is 0 Å². The minimum Gasteiger partial charge on any atom is -0.393 e. The molecule has 4 aliphatic rings. The molecule has 4 saturated carbocycles. The molecular weight excluding hydrogens is 300 g/mol. The third kappa shape index (κ3) is 2.07. The van der Waals surface area contributed by atoms with E-state index in [2.05, 4.69) is 13.8 Å². The predicted molar refractivity (Wildman–Crippen MR) is 94.4 cm³/mol. The van der Waals surface area contributed by atoms with E-state index in [9.17, 15) is 15.3 Å². The number of aliphatic hydroxyl groups excluding tert-OH is 2. The molecule has 0 aromatic rings. The van der Waals surface area contributed by atoms with Crippen LogP contribution in [0.15, 0.2) is 0 Å². The van der Waals surface area contributed by atoms with Crippen molar-refractivity contribution in [1.82, 2.24) is 0 Å². The quantitative estimate of drug-likeness (QED) is 0.687. The Morgan fingerprint density at radius 1 is 0.917 bits per heavy atom. The zero-order valence-corrected chi connectivity index (χ0v) is 15.7. The maximum Gasteiger partial charge on any atom is 0.0958 e. The lowest BCUT2D eigenvalue weighted by atomic mass is 9.44. The number of fused-ring (bicyclic) bond motifs is 5. The van der Waals surface area contributed by atoms with Crippen LogP contribution in [0.2, 0.25) is 0 Å². The summed E-state index contributed by atoms with van der Waals surface area (Å²) >= 11 is 0. The Morgan fingerprint density at radius 2 is 1.62 bits per heavy atom. The van der Waals surface area contributed by atoms with Gasteiger partial charge < -0.3 is 15.3 Å². The highest BCUT2D eigenvalue weighted by atomic mass is 16.3. The smallest absolute Gasteiger partial charge is 0.0958 e. The highest BCUT2D eigenvalue weighted by Gasteiger charge is 2.65. The predicted octanol–water partition coefficient (Wildman–Crippen LogP) is 3.50. The lowest BCUT2D eigenvalue weighted by Gasteiger charge is -2.61. The molecule has 138 valence electrons. The van der Waals surface area contributed by atoms with Crippen molar-refractivity contribution in [3.63, 3.8) is 0 Å². The van der Waals surface area contributed by atoms with Crippen molar-refractivity contribution in [3.8, 4) is 0 Å². The van der Waals surface area contributed by atoms with Gasteiger partial charge in [0, 0.05) is 5.41 Å². The van der Waals surface area contributed by atoms with Crippen molar-refractivity contribution in [3.05, 3.63) is 0 Å². The summed E-state index contributed by atoms with van der Waals surface area (Å²) in [6, 6.07) is 0. The molecule has 4 aliphatic carbocycles. The Bertz CT molecular complexity index is 505. The summed E-state index contributed by atoms with van der Waals surface area (Å²) in [6.07, 6.45) is 8.99. The van der Waals surface area contributed by atoms with Gasteiger partial charge in [-0.15, -0.1) is 0 Å². The first-order chi connectivity index (χ1) is 11.2. The average molecular weight is 337 g/mol. The molecule has 4 fully saturated rings. The average Bonchev–Trinajstić information content (AvgIpc) is 2.81. The fourth-order valence-electron chi connectivity index (χ4n) is 7.97. The Hall–Kier alpha value is -0.120. The number of aliphatic hydroxyl groups is 3. The van der Waals surface area contributed by atoms with Crippen LogP contribution in [0.3, 0.4) is 0 Å². The van der Waals surface area contributed by atoms with Gasteiger partial charge in [0.15, 0.2) is 0 Å². The Labute approximate surface area is 146 Å². The van der Waals surface area contributed by atoms with Crippen molar-refractivity contribution in [2.24, 2.45) is 34.5 Å². The van der Waals surface area contributed by atoms with E-state index in [1.807, 2.05) is 0 Å². The lowest BCUT2D eigenvalue weighted by molar-refractivity contribution is -0.186. The number of rotatable bonds is 1. The van der Waals surface area contributed by atoms with E-state index in [1.54, 1.807) is 6.92 Å². The second kappa shape index (κ2) is 5.44. The lowest BCUT2D eigenvalue weighted by Crippen LogP contribution is -2.59. The van der Waals surface area contributed by atoms with Crippen LogP contribution in [-0.2, 0) is 0 Å². The van der Waals surface area contributed by atoms with E-state index in [0.29, 0.717) is 23.2 Å². The second-order valence-electron chi connectivity index (χ2n) is 10.2. The normalized spacial score (nSPS) is 58.5. The van der Waals surface area contributed by atoms with Crippen molar-refractivity contribution >= 4 is 0 Å². The molecule has 3 nitrogen and oxygen atoms in total. The van der Waals surface area contributed by atoms with Gasteiger partial charge in [-0.25, -0.2) is 0 Å². The Morgan fingerprint density at radius 3 is 2.33 bits per heavy atom. The molecule has 4 rings (SSSR count). The minimum absolute atomic E-state index is 0.0831. The SMILES string of the molecule is C[C@H](O)[C@@]1(O)CC[C@@H]2[C@@H]3CC[C@H]4C[C@H](O)CC[C@]4(C)[C@@H]3CC[C@@]21C. The number of hydrogen-bond acceptors (Lipinski definition) is 3. The zero-order valence-electron chi connectivity index (χ0n) is 15.7. The summed E-state index contributed by atoms with van der Waals surface area (Å²) in [6.45, 7) is 6.53. The summed E-state index contributed by atoms with van der Waals surface area (Å²) in [7, 11) is 0. The van der Waals surface area contributed by atoms with Gasteiger partial charge in [-0.1, -0.05) is 13.8 Å². The highest BCUT2D eigenvalue weighted by molar-refractivity contribution is 5.15. The standard InChI is InChI=1S/C21H36O3/c1-13(22)21(24)11-8-18-16-5-4-14-12-15(23)6-9-19(14,2)17(16)7-10-20(18,21)3/h13-18,22-24H,4-12H2,1-3H3/t13-,14-,15+,16+,17+,18+,19-,20-,21-/m0/s1. The molecule has 9 atom stereocenters. The second-order valence-corrected chi connectivity index (χ2v) is 10.2. The van der Waals surface area contributed by atoms with E-state index in [-0.39, 0.29) is 11.5 Å². The molecule has 0 spiro atoms.